The van der Waals surface area contributed by atoms with E-state index in [4.69, 9.17) is 19.0 Å². The number of ether oxygens (including phenoxy) is 2. The maximum atomic E-state index is 6.48. The Bertz CT molecular complexity index is 1330. The van der Waals surface area contributed by atoms with E-state index in [0.29, 0.717) is 19.3 Å². The van der Waals surface area contributed by atoms with Crippen LogP contribution in [0.2, 0.25) is 0 Å². The molecule has 9 nitrogen and oxygen atoms in total. The second-order valence-corrected chi connectivity index (χ2v) is 9.25. The summed E-state index contributed by atoms with van der Waals surface area (Å²) in [6, 6.07) is 10.5. The number of rotatable bonds is 7. The van der Waals surface area contributed by atoms with E-state index in [1.807, 2.05) is 32.2 Å². The average Bonchev–Trinajstić information content (AvgIpc) is 3.59. The number of aromatic nitrogens is 4. The number of pyridine rings is 1. The fourth-order valence-electron chi connectivity index (χ4n) is 5.38. The van der Waals surface area contributed by atoms with Crippen molar-refractivity contribution in [2.75, 3.05) is 44.9 Å². The number of anilines is 1. The maximum Gasteiger partial charge on any atom is 0.207 e. The van der Waals surface area contributed by atoms with Crippen LogP contribution in [-0.4, -0.2) is 65.7 Å². The Morgan fingerprint density at radius 2 is 2.11 bits per heavy atom. The summed E-state index contributed by atoms with van der Waals surface area (Å²) in [5.74, 6) is 2.58. The third-order valence-corrected chi connectivity index (χ3v) is 7.03. The lowest BCUT2D eigenvalue weighted by Crippen LogP contribution is -2.36. The fourth-order valence-corrected chi connectivity index (χ4v) is 5.38. The quantitative estimate of drug-likeness (QED) is 0.407. The molecule has 2 aliphatic rings. The molecule has 6 rings (SSSR count). The van der Waals surface area contributed by atoms with Gasteiger partial charge in [0, 0.05) is 44.5 Å². The minimum absolute atomic E-state index is 0.0656. The fraction of sp³-hybridized carbons (Fsp3) is 0.423. The monoisotopic (exact) mass is 474 g/mol. The van der Waals surface area contributed by atoms with E-state index in [1.54, 1.807) is 7.11 Å². The Hall–Kier alpha value is -3.43. The van der Waals surface area contributed by atoms with Crippen LogP contribution < -0.4 is 15.0 Å². The number of methoxy groups -OCH3 is 1. The number of hydrogen-bond donors (Lipinski definition) is 1. The van der Waals surface area contributed by atoms with Gasteiger partial charge in [-0.3, -0.25) is 9.55 Å². The van der Waals surface area contributed by atoms with Crippen molar-refractivity contribution in [2.45, 2.75) is 32.4 Å². The lowest BCUT2D eigenvalue weighted by Gasteiger charge is -2.30. The summed E-state index contributed by atoms with van der Waals surface area (Å²) in [7, 11) is 1.73. The Kier molecular flexibility index (Phi) is 5.66. The largest absolute Gasteiger partial charge is 0.488 e. The highest BCUT2D eigenvalue weighted by molar-refractivity contribution is 5.94. The number of nitrogens with zero attached hydrogens (tertiary/aromatic N) is 5. The van der Waals surface area contributed by atoms with Crippen LogP contribution in [0.3, 0.4) is 0 Å². The summed E-state index contributed by atoms with van der Waals surface area (Å²) in [4.78, 5) is 12.2. The molecule has 1 saturated heterocycles. The van der Waals surface area contributed by atoms with Gasteiger partial charge in [0.2, 0.25) is 5.95 Å². The van der Waals surface area contributed by atoms with Gasteiger partial charge in [-0.05, 0) is 44.5 Å². The van der Waals surface area contributed by atoms with Gasteiger partial charge in [0.15, 0.2) is 5.75 Å². The van der Waals surface area contributed by atoms with Gasteiger partial charge >= 0.3 is 0 Å². The van der Waals surface area contributed by atoms with Crippen molar-refractivity contribution >= 4 is 17.0 Å². The summed E-state index contributed by atoms with van der Waals surface area (Å²) in [6.45, 7) is 7.78. The predicted molar refractivity (Wildman–Crippen MR) is 133 cm³/mol. The molecule has 4 aromatic rings. The standard InChI is InChI=1S/C26H30N6O3/c1-16-23(17(2)35-30-16)19-7-8-21-24-25(19)34-15-22(20-6-4-5-10-28-20)32(24)26(29-21)31-12-9-18(14-31)27-11-13-33-3/h4-8,10,18,22,27H,9,11-15H2,1-3H3/t18-,22-/m1/s1. The SMILES string of the molecule is COCCN[C@@H]1CCN(c2nc3ccc(-c4c(C)noc4C)c4c3n2[C@@H](c2ccccn2)CO4)C1. The molecule has 3 aromatic heterocycles. The molecule has 1 fully saturated rings. The van der Waals surface area contributed by atoms with Crippen LogP contribution in [0.1, 0.15) is 29.6 Å². The van der Waals surface area contributed by atoms with Crippen molar-refractivity contribution < 1.29 is 14.0 Å². The van der Waals surface area contributed by atoms with E-state index >= 15 is 0 Å². The third kappa shape index (κ3) is 3.75. The highest BCUT2D eigenvalue weighted by Gasteiger charge is 2.35. The summed E-state index contributed by atoms with van der Waals surface area (Å²) in [5.41, 5.74) is 5.70. The molecule has 1 N–H and O–H groups in total. The molecule has 182 valence electrons. The van der Waals surface area contributed by atoms with E-state index < -0.39 is 0 Å². The zero-order valence-electron chi connectivity index (χ0n) is 20.3. The second-order valence-electron chi connectivity index (χ2n) is 9.25. The lowest BCUT2D eigenvalue weighted by molar-refractivity contribution is 0.196. The number of aryl methyl sites for hydroxylation is 2. The van der Waals surface area contributed by atoms with Crippen molar-refractivity contribution in [3.05, 3.63) is 53.7 Å². The molecule has 0 aliphatic carbocycles. The van der Waals surface area contributed by atoms with Crippen molar-refractivity contribution in [1.82, 2.24) is 25.0 Å². The van der Waals surface area contributed by atoms with Gasteiger partial charge in [-0.15, -0.1) is 0 Å². The molecule has 1 aromatic carbocycles. The Morgan fingerprint density at radius 3 is 2.89 bits per heavy atom. The summed E-state index contributed by atoms with van der Waals surface area (Å²) in [6.07, 6.45) is 2.90. The smallest absolute Gasteiger partial charge is 0.207 e. The molecule has 0 amide bonds. The zero-order valence-corrected chi connectivity index (χ0v) is 20.3. The first-order valence-corrected chi connectivity index (χ1v) is 12.1. The maximum absolute atomic E-state index is 6.48. The van der Waals surface area contributed by atoms with Crippen LogP contribution in [-0.2, 0) is 4.74 Å². The van der Waals surface area contributed by atoms with Crippen molar-refractivity contribution in [3.63, 3.8) is 0 Å². The van der Waals surface area contributed by atoms with Gasteiger partial charge in [-0.1, -0.05) is 11.2 Å². The molecule has 0 radical (unpaired) electrons. The van der Waals surface area contributed by atoms with Gasteiger partial charge in [-0.25, -0.2) is 4.98 Å². The number of nitrogens with one attached hydrogen (secondary N) is 1. The molecule has 0 spiro atoms. The van der Waals surface area contributed by atoms with Crippen LogP contribution in [0.25, 0.3) is 22.2 Å². The van der Waals surface area contributed by atoms with E-state index in [9.17, 15) is 0 Å². The molecular weight excluding hydrogens is 444 g/mol. The molecule has 0 unspecified atom stereocenters. The van der Waals surface area contributed by atoms with Gasteiger partial charge in [-0.2, -0.15) is 0 Å². The van der Waals surface area contributed by atoms with E-state index in [1.165, 1.54) is 0 Å². The minimum Gasteiger partial charge on any atom is -0.488 e. The van der Waals surface area contributed by atoms with Crippen LogP contribution >= 0.6 is 0 Å². The molecule has 2 atom stereocenters. The summed E-state index contributed by atoms with van der Waals surface area (Å²) in [5, 5.41) is 7.77. The van der Waals surface area contributed by atoms with E-state index in [2.05, 4.69) is 43.1 Å². The first-order chi connectivity index (χ1) is 17.2. The highest BCUT2D eigenvalue weighted by atomic mass is 16.5. The van der Waals surface area contributed by atoms with Crippen LogP contribution in [0.5, 0.6) is 5.75 Å². The molecule has 0 bridgehead atoms. The molecule has 35 heavy (non-hydrogen) atoms. The average molecular weight is 475 g/mol. The number of hydrogen-bond acceptors (Lipinski definition) is 8. The third-order valence-electron chi connectivity index (χ3n) is 7.03. The van der Waals surface area contributed by atoms with Crippen LogP contribution in [0.15, 0.2) is 41.1 Å². The van der Waals surface area contributed by atoms with E-state index in [-0.39, 0.29) is 6.04 Å². The molecule has 5 heterocycles. The van der Waals surface area contributed by atoms with Gasteiger partial charge in [0.05, 0.1) is 29.1 Å². The zero-order chi connectivity index (χ0) is 23.9. The first-order valence-electron chi connectivity index (χ1n) is 12.1. The van der Waals surface area contributed by atoms with Gasteiger partial charge in [0.25, 0.3) is 0 Å². The topological polar surface area (TPSA) is 90.5 Å². The molecule has 9 heteroatoms. The predicted octanol–water partition coefficient (Wildman–Crippen LogP) is 3.50. The second kappa shape index (κ2) is 8.98. The van der Waals surface area contributed by atoms with Gasteiger partial charge in [0.1, 0.15) is 23.9 Å². The molecule has 0 saturated carbocycles. The normalized spacial score (nSPS) is 19.5. The van der Waals surface area contributed by atoms with Crippen LogP contribution in [0.4, 0.5) is 5.95 Å². The molecule has 2 aliphatic heterocycles. The van der Waals surface area contributed by atoms with Crippen molar-refractivity contribution in [2.24, 2.45) is 0 Å². The summed E-state index contributed by atoms with van der Waals surface area (Å²) < 4.78 is 19.5. The van der Waals surface area contributed by atoms with Gasteiger partial charge < -0.3 is 24.2 Å². The Labute approximate surface area is 204 Å². The van der Waals surface area contributed by atoms with Crippen molar-refractivity contribution in [3.8, 4) is 16.9 Å². The first kappa shape index (κ1) is 22.1. The summed E-state index contributed by atoms with van der Waals surface area (Å²) >= 11 is 0. The highest BCUT2D eigenvalue weighted by Crippen LogP contribution is 2.46. The Morgan fingerprint density at radius 1 is 1.20 bits per heavy atom. The minimum atomic E-state index is -0.0656. The number of imidazole rings is 1. The van der Waals surface area contributed by atoms with E-state index in [0.717, 1.165) is 77.1 Å². The molecular formula is C26H30N6O3. The van der Waals surface area contributed by atoms with Crippen molar-refractivity contribution in [1.29, 1.82) is 0 Å². The lowest BCUT2D eigenvalue weighted by atomic mass is 10.0. The number of benzene rings is 1. The van der Waals surface area contributed by atoms with Crippen LogP contribution in [0, 0.1) is 13.8 Å². The Balaban J connectivity index is 1.48.